The van der Waals surface area contributed by atoms with Crippen molar-refractivity contribution in [1.82, 2.24) is 10.2 Å². The minimum atomic E-state index is -0.0694. The molecular weight excluding hydrogens is 312 g/mol. The number of amides is 1. The molecule has 2 fully saturated rings. The van der Waals surface area contributed by atoms with Gasteiger partial charge in [-0.3, -0.25) is 9.69 Å². The molecule has 2 aliphatic rings. The van der Waals surface area contributed by atoms with Crippen LogP contribution in [0.2, 0.25) is 0 Å². The minimum absolute atomic E-state index is 0.0694. The fourth-order valence-electron chi connectivity index (χ4n) is 3.84. The largest absolute Gasteiger partial charge is 0.373 e. The molecule has 1 N–H and O–H groups in total. The van der Waals surface area contributed by atoms with Crippen molar-refractivity contribution < 1.29 is 9.53 Å². The number of carbonyl (C=O) groups is 1. The Labute approximate surface area is 148 Å². The second kappa shape index (κ2) is 7.38. The molecule has 0 bridgehead atoms. The Morgan fingerprint density at radius 3 is 3.08 bits per heavy atom. The first-order valence-electron chi connectivity index (χ1n) is 9.09. The zero-order valence-electron chi connectivity index (χ0n) is 14.4. The number of carbonyl (C=O) groups excluding carboxylic acids is 1. The van der Waals surface area contributed by atoms with Crippen molar-refractivity contribution in [2.45, 2.75) is 25.0 Å². The van der Waals surface area contributed by atoms with Crippen LogP contribution in [0.5, 0.6) is 0 Å². The van der Waals surface area contributed by atoms with Crippen LogP contribution in [0.1, 0.15) is 18.4 Å². The van der Waals surface area contributed by atoms with Crippen LogP contribution in [-0.2, 0) is 9.53 Å². The Balaban J connectivity index is 1.33. The lowest BCUT2D eigenvalue weighted by Crippen LogP contribution is -2.49. The summed E-state index contributed by atoms with van der Waals surface area (Å²) >= 11 is 0. The van der Waals surface area contributed by atoms with E-state index in [4.69, 9.17) is 4.74 Å². The number of fused-ring (bicyclic) bond motifs is 2. The van der Waals surface area contributed by atoms with Gasteiger partial charge in [0.05, 0.1) is 12.7 Å². The number of nitrogens with one attached hydrogen (secondary N) is 1. The normalized spacial score (nSPS) is 23.8. The molecule has 4 nitrogen and oxygen atoms in total. The van der Waals surface area contributed by atoms with Crippen LogP contribution < -0.4 is 5.32 Å². The molecule has 2 heterocycles. The van der Waals surface area contributed by atoms with E-state index in [2.05, 4.69) is 28.4 Å². The average Bonchev–Trinajstić information content (AvgIpc) is 3.12. The molecule has 1 amide bonds. The van der Waals surface area contributed by atoms with Gasteiger partial charge in [0.1, 0.15) is 0 Å². The number of rotatable bonds is 4. The molecule has 0 radical (unpaired) electrons. The van der Waals surface area contributed by atoms with Gasteiger partial charge in [0, 0.05) is 25.2 Å². The van der Waals surface area contributed by atoms with Gasteiger partial charge in [0.2, 0.25) is 5.91 Å². The smallest absolute Gasteiger partial charge is 0.244 e. The summed E-state index contributed by atoms with van der Waals surface area (Å²) in [6.07, 6.45) is 6.11. The van der Waals surface area contributed by atoms with Crippen molar-refractivity contribution in [2.24, 2.45) is 0 Å². The van der Waals surface area contributed by atoms with E-state index < -0.39 is 0 Å². The van der Waals surface area contributed by atoms with Crippen LogP contribution in [0.25, 0.3) is 16.8 Å². The molecule has 2 aromatic rings. The summed E-state index contributed by atoms with van der Waals surface area (Å²) in [5.41, 5.74) is 1.06. The lowest BCUT2D eigenvalue weighted by atomic mass is 10.0. The van der Waals surface area contributed by atoms with E-state index in [1.54, 1.807) is 6.08 Å². The summed E-state index contributed by atoms with van der Waals surface area (Å²) in [5, 5.41) is 5.31. The molecule has 2 saturated heterocycles. The zero-order chi connectivity index (χ0) is 17.1. The van der Waals surface area contributed by atoms with E-state index in [0.717, 1.165) is 24.1 Å². The van der Waals surface area contributed by atoms with E-state index >= 15 is 0 Å². The first kappa shape index (κ1) is 16.3. The highest BCUT2D eigenvalue weighted by Gasteiger charge is 2.32. The second-order valence-electron chi connectivity index (χ2n) is 6.89. The second-order valence-corrected chi connectivity index (χ2v) is 6.89. The Kier molecular flexibility index (Phi) is 4.81. The topological polar surface area (TPSA) is 41.6 Å². The molecular formula is C21H24N2O2. The van der Waals surface area contributed by atoms with Crippen molar-refractivity contribution >= 4 is 22.8 Å². The van der Waals surface area contributed by atoms with Gasteiger partial charge >= 0.3 is 0 Å². The Bertz CT molecular complexity index is 781. The summed E-state index contributed by atoms with van der Waals surface area (Å²) in [6.45, 7) is 3.46. The summed E-state index contributed by atoms with van der Waals surface area (Å²) < 4.78 is 5.88. The minimum Gasteiger partial charge on any atom is -0.373 e. The molecule has 0 unspecified atom stereocenters. The van der Waals surface area contributed by atoms with Gasteiger partial charge in [-0.15, -0.1) is 0 Å². The maximum atomic E-state index is 12.2. The molecule has 0 saturated carbocycles. The van der Waals surface area contributed by atoms with Crippen molar-refractivity contribution in [1.29, 1.82) is 0 Å². The predicted octanol–water partition coefficient (Wildman–Crippen LogP) is 2.83. The predicted molar refractivity (Wildman–Crippen MR) is 100 cm³/mol. The van der Waals surface area contributed by atoms with E-state index in [0.29, 0.717) is 12.6 Å². The fourth-order valence-corrected chi connectivity index (χ4v) is 3.84. The third-order valence-corrected chi connectivity index (χ3v) is 5.20. The average molecular weight is 336 g/mol. The molecule has 25 heavy (non-hydrogen) atoms. The van der Waals surface area contributed by atoms with Gasteiger partial charge in [-0.05, 0) is 41.8 Å². The van der Waals surface area contributed by atoms with E-state index in [1.807, 2.05) is 30.3 Å². The lowest BCUT2D eigenvalue weighted by Gasteiger charge is -2.35. The Morgan fingerprint density at radius 2 is 2.12 bits per heavy atom. The Hall–Kier alpha value is -2.17. The number of nitrogens with zero attached hydrogens (tertiary/aromatic N) is 1. The maximum Gasteiger partial charge on any atom is 0.244 e. The number of ether oxygens (including phenoxy) is 1. The van der Waals surface area contributed by atoms with Gasteiger partial charge in [0.25, 0.3) is 0 Å². The van der Waals surface area contributed by atoms with Crippen LogP contribution in [0, 0.1) is 0 Å². The summed E-state index contributed by atoms with van der Waals surface area (Å²) in [4.78, 5) is 14.6. The van der Waals surface area contributed by atoms with Crippen LogP contribution in [0.15, 0.2) is 48.5 Å². The molecule has 130 valence electrons. The van der Waals surface area contributed by atoms with Gasteiger partial charge < -0.3 is 10.1 Å². The van der Waals surface area contributed by atoms with Crippen molar-refractivity contribution in [2.75, 3.05) is 26.2 Å². The van der Waals surface area contributed by atoms with Crippen molar-refractivity contribution in [3.05, 3.63) is 54.1 Å². The SMILES string of the molecule is O=C(/C=C\c1cccc2ccccc12)NC[C@@H]1CN2CCC[C@@H]2CO1. The van der Waals surface area contributed by atoms with E-state index in [1.165, 1.54) is 24.8 Å². The zero-order valence-corrected chi connectivity index (χ0v) is 14.4. The standard InChI is InChI=1S/C21H24N2O2/c24-21(22-13-19-14-23-12-4-8-18(23)15-25-19)11-10-17-7-3-6-16-5-1-2-9-20(16)17/h1-3,5-7,9-11,18-19H,4,8,12-15H2,(H,22,24)/b11-10-/t18-,19-/m1/s1. The van der Waals surface area contributed by atoms with Crippen LogP contribution in [-0.4, -0.2) is 49.2 Å². The van der Waals surface area contributed by atoms with E-state index in [-0.39, 0.29) is 12.0 Å². The highest BCUT2D eigenvalue weighted by atomic mass is 16.5. The molecule has 2 aromatic carbocycles. The highest BCUT2D eigenvalue weighted by Crippen LogP contribution is 2.22. The van der Waals surface area contributed by atoms with Crippen LogP contribution in [0.4, 0.5) is 0 Å². The van der Waals surface area contributed by atoms with Gasteiger partial charge in [0.15, 0.2) is 0 Å². The van der Waals surface area contributed by atoms with Gasteiger partial charge in [-0.1, -0.05) is 42.5 Å². The number of benzene rings is 2. The first-order valence-corrected chi connectivity index (χ1v) is 9.09. The van der Waals surface area contributed by atoms with Crippen molar-refractivity contribution in [3.8, 4) is 0 Å². The molecule has 2 atom stereocenters. The summed E-state index contributed by atoms with van der Waals surface area (Å²) in [7, 11) is 0. The highest BCUT2D eigenvalue weighted by molar-refractivity contribution is 5.96. The Morgan fingerprint density at radius 1 is 1.24 bits per heavy atom. The van der Waals surface area contributed by atoms with Crippen LogP contribution in [0.3, 0.4) is 0 Å². The number of hydrogen-bond acceptors (Lipinski definition) is 3. The monoisotopic (exact) mass is 336 g/mol. The molecule has 0 spiro atoms. The fraction of sp³-hybridized carbons (Fsp3) is 0.381. The molecule has 0 aromatic heterocycles. The lowest BCUT2D eigenvalue weighted by molar-refractivity contribution is -0.117. The number of hydrogen-bond donors (Lipinski definition) is 1. The summed E-state index contributed by atoms with van der Waals surface area (Å²) in [5.74, 6) is -0.0694. The first-order chi connectivity index (χ1) is 12.3. The number of morpholine rings is 1. The molecule has 0 aliphatic carbocycles. The van der Waals surface area contributed by atoms with Gasteiger partial charge in [-0.25, -0.2) is 0 Å². The molecule has 4 rings (SSSR count). The molecule has 4 heteroatoms. The molecule has 2 aliphatic heterocycles. The van der Waals surface area contributed by atoms with Gasteiger partial charge in [-0.2, -0.15) is 0 Å². The van der Waals surface area contributed by atoms with Crippen LogP contribution >= 0.6 is 0 Å². The summed E-state index contributed by atoms with van der Waals surface area (Å²) in [6, 6.07) is 14.9. The third-order valence-electron chi connectivity index (χ3n) is 5.20. The van der Waals surface area contributed by atoms with Crippen molar-refractivity contribution in [3.63, 3.8) is 0 Å². The maximum absolute atomic E-state index is 12.2. The van der Waals surface area contributed by atoms with E-state index in [9.17, 15) is 4.79 Å². The third kappa shape index (κ3) is 3.75. The quantitative estimate of drug-likeness (QED) is 0.873.